The fourth-order valence-electron chi connectivity index (χ4n) is 5.23. The van der Waals surface area contributed by atoms with Crippen LogP contribution in [0.2, 0.25) is 0 Å². The Morgan fingerprint density at radius 3 is 2.69 bits per heavy atom. The van der Waals surface area contributed by atoms with Gasteiger partial charge in [0.2, 0.25) is 5.95 Å². The number of Topliss-reactive ketones (excluding diaryl/α,β-unsaturated/α-hetero) is 1. The summed E-state index contributed by atoms with van der Waals surface area (Å²) in [5.41, 5.74) is 2.60. The molecule has 11 heteroatoms. The third-order valence-electron chi connectivity index (χ3n) is 7.66. The number of amides is 1. The average Bonchev–Trinajstić information content (AvgIpc) is 3.77. The second-order valence-electron chi connectivity index (χ2n) is 10.6. The van der Waals surface area contributed by atoms with Crippen LogP contribution in [0.25, 0.3) is 0 Å². The quantitative estimate of drug-likeness (QED) is 0.447. The van der Waals surface area contributed by atoms with Crippen LogP contribution in [0.4, 0.5) is 5.95 Å². The van der Waals surface area contributed by atoms with Crippen molar-refractivity contribution in [2.45, 2.75) is 70.5 Å². The Balaban J connectivity index is 1.27. The molecule has 0 radical (unpaired) electrons. The Labute approximate surface area is 214 Å². The lowest BCUT2D eigenvalue weighted by molar-refractivity contribution is -0.114. The predicted octanol–water partition coefficient (Wildman–Crippen LogP) is 3.01. The molecule has 3 heterocycles. The van der Waals surface area contributed by atoms with E-state index < -0.39 is 0 Å². The summed E-state index contributed by atoms with van der Waals surface area (Å²) in [5.74, 6) is 0.936. The summed E-state index contributed by atoms with van der Waals surface area (Å²) < 4.78 is 2.06. The number of rotatable bonds is 9. The number of hydrogen-bond donors (Lipinski definition) is 3. The standard InChI is InChI=1S/C25H32N8O2S/c1-13-9-19(32(2)31-13)29-25-30-28-12-33(25)16-7-8-18-17(10-16)20(24(35)27-11-14-3-4-14)23(36-18)21(26)22(34)15-5-6-15/h12,14-16,19,26H,3-11H2,1-2H3,(H,27,35)(H,29,30). The van der Waals surface area contributed by atoms with Crippen molar-refractivity contribution in [1.82, 2.24) is 25.1 Å². The summed E-state index contributed by atoms with van der Waals surface area (Å²) in [6.07, 6.45) is 8.90. The molecule has 3 N–H and O–H groups in total. The van der Waals surface area contributed by atoms with E-state index in [1.165, 1.54) is 11.3 Å². The first-order valence-corrected chi connectivity index (χ1v) is 13.7. The number of anilines is 1. The molecule has 6 rings (SSSR count). The van der Waals surface area contributed by atoms with Gasteiger partial charge in [0.15, 0.2) is 5.78 Å². The van der Waals surface area contributed by atoms with Crippen molar-refractivity contribution >= 4 is 40.4 Å². The van der Waals surface area contributed by atoms with Crippen molar-refractivity contribution in [1.29, 1.82) is 5.41 Å². The molecule has 2 atom stereocenters. The van der Waals surface area contributed by atoms with E-state index in [9.17, 15) is 9.59 Å². The summed E-state index contributed by atoms with van der Waals surface area (Å²) in [5, 5.41) is 30.1. The smallest absolute Gasteiger partial charge is 0.253 e. The van der Waals surface area contributed by atoms with Gasteiger partial charge in [-0.25, -0.2) is 0 Å². The van der Waals surface area contributed by atoms with Crippen LogP contribution >= 0.6 is 11.3 Å². The highest BCUT2D eigenvalue weighted by atomic mass is 32.1. The maximum Gasteiger partial charge on any atom is 0.253 e. The van der Waals surface area contributed by atoms with Gasteiger partial charge >= 0.3 is 0 Å². The molecular weight excluding hydrogens is 476 g/mol. The molecule has 1 aliphatic heterocycles. The van der Waals surface area contributed by atoms with E-state index in [0.29, 0.717) is 35.3 Å². The number of ketones is 1. The lowest BCUT2D eigenvalue weighted by atomic mass is 9.89. The molecule has 0 aromatic carbocycles. The average molecular weight is 509 g/mol. The molecule has 36 heavy (non-hydrogen) atoms. The maximum atomic E-state index is 13.4. The Morgan fingerprint density at radius 2 is 2.00 bits per heavy atom. The molecule has 0 saturated heterocycles. The Morgan fingerprint density at radius 1 is 1.19 bits per heavy atom. The van der Waals surface area contributed by atoms with E-state index >= 15 is 0 Å². The first kappa shape index (κ1) is 23.3. The van der Waals surface area contributed by atoms with Crippen LogP contribution in [0.5, 0.6) is 0 Å². The third kappa shape index (κ3) is 4.44. The number of fused-ring (bicyclic) bond motifs is 1. The molecule has 2 unspecified atom stereocenters. The Bertz CT molecular complexity index is 1250. The highest BCUT2D eigenvalue weighted by Crippen LogP contribution is 2.41. The maximum absolute atomic E-state index is 13.4. The molecule has 190 valence electrons. The monoisotopic (exact) mass is 508 g/mol. The number of nitrogens with one attached hydrogen (secondary N) is 3. The van der Waals surface area contributed by atoms with Gasteiger partial charge in [-0.15, -0.1) is 21.5 Å². The summed E-state index contributed by atoms with van der Waals surface area (Å²) >= 11 is 1.47. The Kier molecular flexibility index (Phi) is 5.89. The van der Waals surface area contributed by atoms with Gasteiger partial charge in [0.05, 0.1) is 10.4 Å². The molecule has 3 aliphatic carbocycles. The predicted molar refractivity (Wildman–Crippen MR) is 138 cm³/mol. The van der Waals surface area contributed by atoms with E-state index in [1.807, 2.05) is 19.0 Å². The fourth-order valence-corrected chi connectivity index (χ4v) is 6.52. The molecule has 2 fully saturated rings. The largest absolute Gasteiger partial charge is 0.352 e. The number of hydrogen-bond acceptors (Lipinski definition) is 9. The van der Waals surface area contributed by atoms with Crippen LogP contribution in [0, 0.1) is 17.2 Å². The van der Waals surface area contributed by atoms with Gasteiger partial charge in [0, 0.05) is 42.6 Å². The number of carbonyl (C=O) groups excluding carboxylic acids is 2. The first-order valence-electron chi connectivity index (χ1n) is 12.9. The first-order chi connectivity index (χ1) is 17.4. The molecule has 0 spiro atoms. The Hall–Kier alpha value is -3.08. The minimum atomic E-state index is -0.147. The van der Waals surface area contributed by atoms with E-state index in [2.05, 4.69) is 30.5 Å². The van der Waals surface area contributed by atoms with Gasteiger partial charge in [-0.3, -0.25) is 24.6 Å². The van der Waals surface area contributed by atoms with E-state index in [4.69, 9.17) is 5.41 Å². The molecule has 4 aliphatic rings. The van der Waals surface area contributed by atoms with Gasteiger partial charge in [-0.1, -0.05) is 0 Å². The van der Waals surface area contributed by atoms with Crippen molar-refractivity contribution in [2.24, 2.45) is 16.9 Å². The van der Waals surface area contributed by atoms with Crippen LogP contribution in [-0.4, -0.2) is 62.6 Å². The molecule has 2 aromatic rings. The van der Waals surface area contributed by atoms with Crippen molar-refractivity contribution in [3.05, 3.63) is 27.2 Å². The van der Waals surface area contributed by atoms with Gasteiger partial charge in [-0.2, -0.15) is 5.10 Å². The van der Waals surface area contributed by atoms with E-state index in [0.717, 1.165) is 61.1 Å². The number of thiophene rings is 1. The van der Waals surface area contributed by atoms with Crippen molar-refractivity contribution in [3.63, 3.8) is 0 Å². The topological polar surface area (TPSA) is 128 Å². The number of aromatic nitrogens is 3. The highest BCUT2D eigenvalue weighted by molar-refractivity contribution is 7.15. The van der Waals surface area contributed by atoms with Crippen LogP contribution in [0.3, 0.4) is 0 Å². The van der Waals surface area contributed by atoms with Crippen molar-refractivity contribution in [3.8, 4) is 0 Å². The molecule has 2 saturated carbocycles. The molecule has 0 bridgehead atoms. The second kappa shape index (κ2) is 9.10. The molecule has 1 amide bonds. The van der Waals surface area contributed by atoms with Gasteiger partial charge in [0.1, 0.15) is 18.2 Å². The van der Waals surface area contributed by atoms with Gasteiger partial charge in [-0.05, 0) is 63.4 Å². The molecule has 2 aromatic heterocycles. The third-order valence-corrected chi connectivity index (χ3v) is 8.97. The SMILES string of the molecule is CC1=NN(C)C(Nc2nncn2C2CCc3sc(C(=N)C(=O)C4CC4)c(C(=O)NCC4CC4)c3C2)C1. The fraction of sp³-hybridized carbons (Fsp3) is 0.600. The van der Waals surface area contributed by atoms with Gasteiger partial charge < -0.3 is 10.6 Å². The van der Waals surface area contributed by atoms with Crippen LogP contribution < -0.4 is 10.6 Å². The van der Waals surface area contributed by atoms with Crippen LogP contribution in [0.15, 0.2) is 11.4 Å². The zero-order chi connectivity index (χ0) is 25.0. The minimum Gasteiger partial charge on any atom is -0.352 e. The van der Waals surface area contributed by atoms with E-state index in [-0.39, 0.29) is 35.5 Å². The second-order valence-corrected chi connectivity index (χ2v) is 11.7. The van der Waals surface area contributed by atoms with Crippen LogP contribution in [-0.2, 0) is 17.6 Å². The summed E-state index contributed by atoms with van der Waals surface area (Å²) in [4.78, 5) is 27.9. The van der Waals surface area contributed by atoms with Crippen LogP contribution in [0.1, 0.15) is 77.2 Å². The van der Waals surface area contributed by atoms with Crippen molar-refractivity contribution in [2.75, 3.05) is 18.9 Å². The number of aryl methyl sites for hydroxylation is 1. The number of hydrazone groups is 1. The van der Waals surface area contributed by atoms with Crippen molar-refractivity contribution < 1.29 is 9.59 Å². The lowest BCUT2D eigenvalue weighted by Gasteiger charge is -2.27. The highest BCUT2D eigenvalue weighted by Gasteiger charge is 2.38. The van der Waals surface area contributed by atoms with Gasteiger partial charge in [0.25, 0.3) is 5.91 Å². The van der Waals surface area contributed by atoms with E-state index in [1.54, 1.807) is 6.33 Å². The summed E-state index contributed by atoms with van der Waals surface area (Å²) in [6.45, 7) is 2.67. The molecular formula is C25H32N8O2S. The zero-order valence-electron chi connectivity index (χ0n) is 20.7. The lowest BCUT2D eigenvalue weighted by Crippen LogP contribution is -2.33. The number of nitrogens with zero attached hydrogens (tertiary/aromatic N) is 5. The molecule has 10 nitrogen and oxygen atoms in total. The number of carbonyl (C=O) groups is 2. The normalized spacial score (nSPS) is 23.3. The minimum absolute atomic E-state index is 0.0105. The summed E-state index contributed by atoms with van der Waals surface area (Å²) in [6, 6.07) is 0.0782. The zero-order valence-corrected chi connectivity index (χ0v) is 21.5. The summed E-state index contributed by atoms with van der Waals surface area (Å²) in [7, 11) is 1.94.